The van der Waals surface area contributed by atoms with Crippen molar-refractivity contribution in [1.29, 1.82) is 0 Å². The van der Waals surface area contributed by atoms with Crippen LogP contribution in [0, 0.1) is 0 Å². The third kappa shape index (κ3) is 4.50. The lowest BCUT2D eigenvalue weighted by atomic mass is 10.1. The standard InChI is InChI=1S/C23H27N5O4S/c1-14(29)25-20-8-16-17(12-27(2)18(16)10-24-20)22-23-19(9-21(26-22)33-3)32-15(13-31-23)11-28-4-6-30-7-5-28/h8-10,12,15H,4-7,11,13H2,1-3H3,(H,24,25,29). The van der Waals surface area contributed by atoms with E-state index in [4.69, 9.17) is 19.2 Å². The molecule has 1 unspecified atom stereocenters. The number of aryl methyl sites for hydroxylation is 1. The Labute approximate surface area is 196 Å². The van der Waals surface area contributed by atoms with Gasteiger partial charge in [0, 0.05) is 56.8 Å². The number of thioether (sulfide) groups is 1. The van der Waals surface area contributed by atoms with Crippen LogP contribution in [0.15, 0.2) is 29.6 Å². The van der Waals surface area contributed by atoms with Gasteiger partial charge in [-0.05, 0) is 12.3 Å². The predicted molar refractivity (Wildman–Crippen MR) is 127 cm³/mol. The van der Waals surface area contributed by atoms with Gasteiger partial charge >= 0.3 is 0 Å². The van der Waals surface area contributed by atoms with Crippen LogP contribution >= 0.6 is 11.8 Å². The summed E-state index contributed by atoms with van der Waals surface area (Å²) in [5.74, 6) is 1.70. The zero-order chi connectivity index (χ0) is 22.9. The highest BCUT2D eigenvalue weighted by Gasteiger charge is 2.29. The minimum Gasteiger partial charge on any atom is -0.484 e. The number of carbonyl (C=O) groups excluding carboxylic acids is 1. The Kier molecular flexibility index (Phi) is 6.13. The number of ether oxygens (including phenoxy) is 3. The molecule has 174 valence electrons. The molecular weight excluding hydrogens is 442 g/mol. The molecule has 2 aliphatic rings. The first-order valence-corrected chi connectivity index (χ1v) is 12.2. The molecule has 0 spiro atoms. The molecule has 33 heavy (non-hydrogen) atoms. The van der Waals surface area contributed by atoms with Crippen LogP contribution in [0.4, 0.5) is 5.82 Å². The lowest BCUT2D eigenvalue weighted by Gasteiger charge is -2.33. The minimum absolute atomic E-state index is 0.0522. The van der Waals surface area contributed by atoms with Crippen LogP contribution in [-0.4, -0.2) is 77.2 Å². The minimum atomic E-state index is -0.165. The summed E-state index contributed by atoms with van der Waals surface area (Å²) >= 11 is 1.56. The second-order valence-corrected chi connectivity index (χ2v) is 9.05. The van der Waals surface area contributed by atoms with Crippen LogP contribution in [0.2, 0.25) is 0 Å². The normalized spacial score (nSPS) is 18.5. The van der Waals surface area contributed by atoms with Gasteiger partial charge in [-0.1, -0.05) is 0 Å². The van der Waals surface area contributed by atoms with E-state index in [0.717, 1.165) is 60.0 Å². The molecule has 1 fully saturated rings. The number of morpholine rings is 1. The summed E-state index contributed by atoms with van der Waals surface area (Å²) < 4.78 is 20.1. The van der Waals surface area contributed by atoms with Gasteiger partial charge in [0.05, 0.1) is 24.9 Å². The van der Waals surface area contributed by atoms with Crippen molar-refractivity contribution in [3.8, 4) is 22.8 Å². The summed E-state index contributed by atoms with van der Waals surface area (Å²) in [5, 5.41) is 4.55. The number of rotatable bonds is 5. The highest BCUT2D eigenvalue weighted by Crippen LogP contribution is 2.44. The molecule has 1 saturated heterocycles. The molecule has 0 radical (unpaired) electrons. The average molecular weight is 470 g/mol. The quantitative estimate of drug-likeness (QED) is 0.571. The molecule has 0 bridgehead atoms. The summed E-state index contributed by atoms with van der Waals surface area (Å²) in [4.78, 5) is 23.1. The summed E-state index contributed by atoms with van der Waals surface area (Å²) in [6.07, 6.45) is 5.71. The number of hydrogen-bond donors (Lipinski definition) is 1. The molecule has 3 aromatic rings. The van der Waals surface area contributed by atoms with Crippen LogP contribution < -0.4 is 14.8 Å². The van der Waals surface area contributed by atoms with Crippen LogP contribution in [0.3, 0.4) is 0 Å². The first-order valence-electron chi connectivity index (χ1n) is 10.9. The Balaban J connectivity index is 1.52. The van der Waals surface area contributed by atoms with Gasteiger partial charge in [-0.15, -0.1) is 11.8 Å². The predicted octanol–water partition coefficient (Wildman–Crippen LogP) is 2.79. The zero-order valence-electron chi connectivity index (χ0n) is 19.0. The van der Waals surface area contributed by atoms with Crippen molar-refractivity contribution >= 4 is 34.4 Å². The molecule has 1 atom stereocenters. The van der Waals surface area contributed by atoms with Gasteiger partial charge in [0.25, 0.3) is 0 Å². The second-order valence-electron chi connectivity index (χ2n) is 8.23. The monoisotopic (exact) mass is 469 g/mol. The average Bonchev–Trinajstić information content (AvgIpc) is 3.14. The summed E-state index contributed by atoms with van der Waals surface area (Å²) in [7, 11) is 1.96. The number of hydrogen-bond acceptors (Lipinski definition) is 8. The molecule has 0 saturated carbocycles. The number of fused-ring (bicyclic) bond motifs is 2. The van der Waals surface area contributed by atoms with E-state index < -0.39 is 0 Å². The van der Waals surface area contributed by atoms with Crippen LogP contribution in [0.1, 0.15) is 6.92 Å². The lowest BCUT2D eigenvalue weighted by Crippen LogP contribution is -2.45. The number of aromatic nitrogens is 3. The number of nitrogens with zero attached hydrogens (tertiary/aromatic N) is 4. The molecular formula is C23H27N5O4S. The molecule has 1 N–H and O–H groups in total. The Hall–Kier alpha value is -2.82. The van der Waals surface area contributed by atoms with Gasteiger partial charge < -0.3 is 24.1 Å². The maximum Gasteiger partial charge on any atom is 0.222 e. The molecule has 3 aromatic heterocycles. The molecule has 5 heterocycles. The fraction of sp³-hybridized carbons (Fsp3) is 0.435. The van der Waals surface area contributed by atoms with Gasteiger partial charge in [-0.25, -0.2) is 9.97 Å². The molecule has 0 aromatic carbocycles. The van der Waals surface area contributed by atoms with Gasteiger partial charge in [0.15, 0.2) is 11.5 Å². The summed E-state index contributed by atoms with van der Waals surface area (Å²) in [5.41, 5.74) is 2.57. The van der Waals surface area contributed by atoms with Gasteiger partial charge in [-0.3, -0.25) is 9.69 Å². The third-order valence-corrected chi connectivity index (χ3v) is 6.46. The highest BCUT2D eigenvalue weighted by molar-refractivity contribution is 7.98. The number of nitrogens with one attached hydrogen (secondary N) is 1. The summed E-state index contributed by atoms with van der Waals surface area (Å²) in [6.45, 7) is 6.05. The molecule has 0 aliphatic carbocycles. The van der Waals surface area contributed by atoms with Gasteiger partial charge in [-0.2, -0.15) is 0 Å². The van der Waals surface area contributed by atoms with Crippen molar-refractivity contribution in [2.75, 3.05) is 51.0 Å². The van der Waals surface area contributed by atoms with Crippen LogP contribution in [0.25, 0.3) is 22.2 Å². The van der Waals surface area contributed by atoms with Crippen molar-refractivity contribution in [2.45, 2.75) is 18.1 Å². The highest BCUT2D eigenvalue weighted by atomic mass is 32.2. The van der Waals surface area contributed by atoms with E-state index in [1.54, 1.807) is 18.0 Å². The summed E-state index contributed by atoms with van der Waals surface area (Å²) in [6, 6.07) is 3.82. The van der Waals surface area contributed by atoms with Crippen molar-refractivity contribution in [2.24, 2.45) is 7.05 Å². The van der Waals surface area contributed by atoms with E-state index in [2.05, 4.69) is 15.2 Å². The Bertz CT molecular complexity index is 1190. The number of anilines is 1. The zero-order valence-corrected chi connectivity index (χ0v) is 19.8. The van der Waals surface area contributed by atoms with Crippen molar-refractivity contribution in [3.63, 3.8) is 0 Å². The fourth-order valence-corrected chi connectivity index (χ4v) is 4.68. The van der Waals surface area contributed by atoms with E-state index in [0.29, 0.717) is 23.9 Å². The third-order valence-electron chi connectivity index (χ3n) is 5.83. The first kappa shape index (κ1) is 22.0. The van der Waals surface area contributed by atoms with E-state index in [1.165, 1.54) is 6.92 Å². The van der Waals surface area contributed by atoms with Crippen molar-refractivity contribution in [3.05, 3.63) is 24.5 Å². The van der Waals surface area contributed by atoms with E-state index in [1.807, 2.05) is 36.2 Å². The van der Waals surface area contributed by atoms with E-state index in [-0.39, 0.29) is 12.0 Å². The second kappa shape index (κ2) is 9.20. The van der Waals surface area contributed by atoms with Crippen molar-refractivity contribution < 1.29 is 19.0 Å². The Morgan fingerprint density at radius 2 is 2.12 bits per heavy atom. The number of carbonyl (C=O) groups is 1. The molecule has 9 nitrogen and oxygen atoms in total. The van der Waals surface area contributed by atoms with Crippen LogP contribution in [0.5, 0.6) is 11.5 Å². The Morgan fingerprint density at radius 3 is 2.88 bits per heavy atom. The topological polar surface area (TPSA) is 90.7 Å². The van der Waals surface area contributed by atoms with Gasteiger partial charge in [0.2, 0.25) is 5.91 Å². The molecule has 1 amide bonds. The maximum atomic E-state index is 11.5. The largest absolute Gasteiger partial charge is 0.484 e. The number of pyridine rings is 2. The van der Waals surface area contributed by atoms with Gasteiger partial charge in [0.1, 0.15) is 29.2 Å². The molecule has 10 heteroatoms. The lowest BCUT2D eigenvalue weighted by molar-refractivity contribution is -0.114. The molecule has 5 rings (SSSR count). The smallest absolute Gasteiger partial charge is 0.222 e. The SMILES string of the molecule is CSc1cc2c(c(-c3cn(C)c4cnc(NC(C)=O)cc34)n1)OCC(CN1CCOCC1)O2. The van der Waals surface area contributed by atoms with E-state index in [9.17, 15) is 4.79 Å². The van der Waals surface area contributed by atoms with Crippen LogP contribution in [-0.2, 0) is 16.6 Å². The fourth-order valence-electron chi connectivity index (χ4n) is 4.27. The van der Waals surface area contributed by atoms with E-state index >= 15 is 0 Å². The Morgan fingerprint density at radius 1 is 1.30 bits per heavy atom. The van der Waals surface area contributed by atoms with Crippen molar-refractivity contribution in [1.82, 2.24) is 19.4 Å². The molecule has 2 aliphatic heterocycles. The number of amides is 1. The first-order chi connectivity index (χ1) is 16.0. The maximum absolute atomic E-state index is 11.5.